The molecule has 3 N–H and O–H groups in total. The second-order valence-corrected chi connectivity index (χ2v) is 12.0. The Morgan fingerprint density at radius 1 is 1.06 bits per heavy atom. The molecule has 0 saturated heterocycles. The predicted octanol–water partition coefficient (Wildman–Crippen LogP) is 3.12. The van der Waals surface area contributed by atoms with Crippen molar-refractivity contribution in [1.29, 1.82) is 0 Å². The summed E-state index contributed by atoms with van der Waals surface area (Å²) in [7, 11) is -1.72. The standard InChI is InChI=1S/C14H34N2OSi/c1-13(2,3)17-18(7,14(4,5)6)12-8-10-16-11-9-15/h16H,8-12,15H2,1-7H3. The second kappa shape index (κ2) is 7.03. The molecule has 0 heterocycles. The van der Waals surface area contributed by atoms with Gasteiger partial charge in [-0.3, -0.25) is 0 Å². The summed E-state index contributed by atoms with van der Waals surface area (Å²) < 4.78 is 6.48. The lowest BCUT2D eigenvalue weighted by Crippen LogP contribution is -2.49. The van der Waals surface area contributed by atoms with Crippen LogP contribution in [-0.4, -0.2) is 33.6 Å². The van der Waals surface area contributed by atoms with E-state index in [4.69, 9.17) is 10.2 Å². The highest BCUT2D eigenvalue weighted by molar-refractivity contribution is 6.75. The van der Waals surface area contributed by atoms with Crippen LogP contribution in [0.2, 0.25) is 17.6 Å². The maximum atomic E-state index is 6.48. The van der Waals surface area contributed by atoms with Crippen LogP contribution in [0.5, 0.6) is 0 Å². The van der Waals surface area contributed by atoms with Crippen LogP contribution in [0.4, 0.5) is 0 Å². The van der Waals surface area contributed by atoms with Gasteiger partial charge < -0.3 is 15.5 Å². The molecule has 1 atom stereocenters. The molecule has 0 bridgehead atoms. The highest BCUT2D eigenvalue weighted by Crippen LogP contribution is 2.42. The van der Waals surface area contributed by atoms with E-state index in [-0.39, 0.29) is 10.6 Å². The topological polar surface area (TPSA) is 47.3 Å². The van der Waals surface area contributed by atoms with Crippen molar-refractivity contribution >= 4 is 8.32 Å². The fraction of sp³-hybridized carbons (Fsp3) is 1.00. The molecule has 0 aliphatic rings. The van der Waals surface area contributed by atoms with E-state index in [1.165, 1.54) is 12.5 Å². The first-order chi connectivity index (χ1) is 8.02. The van der Waals surface area contributed by atoms with Gasteiger partial charge in [0.15, 0.2) is 8.32 Å². The number of nitrogens with two attached hydrogens (primary N) is 1. The molecule has 18 heavy (non-hydrogen) atoms. The van der Waals surface area contributed by atoms with Gasteiger partial charge in [-0.1, -0.05) is 20.8 Å². The molecule has 0 aromatic carbocycles. The Labute approximate surface area is 115 Å². The van der Waals surface area contributed by atoms with E-state index in [9.17, 15) is 0 Å². The van der Waals surface area contributed by atoms with Crippen molar-refractivity contribution in [2.24, 2.45) is 5.73 Å². The molecular formula is C14H34N2OSi. The molecule has 0 spiro atoms. The summed E-state index contributed by atoms with van der Waals surface area (Å²) >= 11 is 0. The monoisotopic (exact) mass is 274 g/mol. The average molecular weight is 275 g/mol. The number of hydrogen-bond donors (Lipinski definition) is 2. The fourth-order valence-electron chi connectivity index (χ4n) is 2.03. The summed E-state index contributed by atoms with van der Waals surface area (Å²) in [5, 5.41) is 3.64. The number of nitrogens with one attached hydrogen (secondary N) is 1. The highest BCUT2D eigenvalue weighted by Gasteiger charge is 2.43. The first-order valence-electron chi connectivity index (χ1n) is 7.13. The summed E-state index contributed by atoms with van der Waals surface area (Å²) in [4.78, 5) is 0. The van der Waals surface area contributed by atoms with E-state index in [1.54, 1.807) is 0 Å². The van der Waals surface area contributed by atoms with Crippen molar-refractivity contribution in [1.82, 2.24) is 5.32 Å². The van der Waals surface area contributed by atoms with Gasteiger partial charge in [0.25, 0.3) is 0 Å². The van der Waals surface area contributed by atoms with Gasteiger partial charge in [0.1, 0.15) is 0 Å². The molecule has 0 aliphatic carbocycles. The van der Waals surface area contributed by atoms with Gasteiger partial charge in [-0.05, 0) is 51.4 Å². The van der Waals surface area contributed by atoms with Crippen LogP contribution in [0.25, 0.3) is 0 Å². The van der Waals surface area contributed by atoms with E-state index < -0.39 is 8.32 Å². The molecule has 110 valence electrons. The molecule has 0 saturated carbocycles. The lowest BCUT2D eigenvalue weighted by Gasteiger charge is -2.44. The Kier molecular flexibility index (Phi) is 7.07. The van der Waals surface area contributed by atoms with E-state index in [0.29, 0.717) is 6.54 Å². The molecule has 3 nitrogen and oxygen atoms in total. The van der Waals surface area contributed by atoms with Crippen LogP contribution in [0.3, 0.4) is 0 Å². The largest absolute Gasteiger partial charge is 0.412 e. The predicted molar refractivity (Wildman–Crippen MR) is 83.5 cm³/mol. The molecular weight excluding hydrogens is 240 g/mol. The third-order valence-corrected chi connectivity index (χ3v) is 8.99. The molecule has 0 rings (SSSR count). The van der Waals surface area contributed by atoms with Crippen molar-refractivity contribution in [3.63, 3.8) is 0 Å². The van der Waals surface area contributed by atoms with Crippen molar-refractivity contribution in [2.75, 3.05) is 19.6 Å². The first kappa shape index (κ1) is 18.1. The van der Waals surface area contributed by atoms with E-state index in [2.05, 4.69) is 53.4 Å². The maximum Gasteiger partial charge on any atom is 0.195 e. The third-order valence-electron chi connectivity index (χ3n) is 3.45. The minimum Gasteiger partial charge on any atom is -0.412 e. The minimum atomic E-state index is -1.72. The Morgan fingerprint density at radius 3 is 2.00 bits per heavy atom. The highest BCUT2D eigenvalue weighted by atomic mass is 28.4. The van der Waals surface area contributed by atoms with Gasteiger partial charge in [0.2, 0.25) is 0 Å². The molecule has 4 heteroatoms. The van der Waals surface area contributed by atoms with Gasteiger partial charge in [0, 0.05) is 18.7 Å². The summed E-state index contributed by atoms with van der Waals surface area (Å²) in [6, 6.07) is 1.20. The quantitative estimate of drug-likeness (QED) is 0.554. The Bertz CT molecular complexity index is 233. The summed E-state index contributed by atoms with van der Waals surface area (Å²) in [5.74, 6) is 0. The van der Waals surface area contributed by atoms with Gasteiger partial charge in [0.05, 0.1) is 0 Å². The average Bonchev–Trinajstić information content (AvgIpc) is 2.13. The molecule has 0 aromatic heterocycles. The minimum absolute atomic E-state index is 0.0427. The molecule has 0 amide bonds. The summed E-state index contributed by atoms with van der Waals surface area (Å²) in [6.07, 6.45) is 1.18. The van der Waals surface area contributed by atoms with Gasteiger partial charge in [-0.2, -0.15) is 0 Å². The lowest BCUT2D eigenvalue weighted by molar-refractivity contribution is 0.109. The van der Waals surface area contributed by atoms with E-state index in [1.807, 2.05) is 0 Å². The zero-order valence-electron chi connectivity index (χ0n) is 13.5. The molecule has 0 aliphatic heterocycles. The van der Waals surface area contributed by atoms with Crippen molar-refractivity contribution in [2.45, 2.75) is 71.2 Å². The second-order valence-electron chi connectivity index (χ2n) is 7.34. The Hall–Kier alpha value is 0.0969. The van der Waals surface area contributed by atoms with Crippen molar-refractivity contribution < 1.29 is 4.43 Å². The fourth-order valence-corrected chi connectivity index (χ4v) is 5.39. The maximum absolute atomic E-state index is 6.48. The van der Waals surface area contributed by atoms with Crippen molar-refractivity contribution in [3.05, 3.63) is 0 Å². The van der Waals surface area contributed by atoms with Crippen LogP contribution in [0, 0.1) is 0 Å². The summed E-state index contributed by atoms with van der Waals surface area (Å²) in [6.45, 7) is 18.5. The van der Waals surface area contributed by atoms with Crippen LogP contribution in [0.15, 0.2) is 0 Å². The van der Waals surface area contributed by atoms with E-state index >= 15 is 0 Å². The molecule has 0 radical (unpaired) electrons. The van der Waals surface area contributed by atoms with Crippen LogP contribution < -0.4 is 11.1 Å². The zero-order valence-corrected chi connectivity index (χ0v) is 14.5. The lowest BCUT2D eigenvalue weighted by atomic mass is 10.2. The van der Waals surface area contributed by atoms with Crippen molar-refractivity contribution in [3.8, 4) is 0 Å². The molecule has 1 unspecified atom stereocenters. The van der Waals surface area contributed by atoms with Gasteiger partial charge in [-0.25, -0.2) is 0 Å². The Balaban J connectivity index is 4.42. The number of rotatable bonds is 7. The van der Waals surface area contributed by atoms with Crippen LogP contribution >= 0.6 is 0 Å². The molecule has 0 fully saturated rings. The summed E-state index contributed by atoms with van der Waals surface area (Å²) in [5.41, 5.74) is 5.43. The van der Waals surface area contributed by atoms with E-state index in [0.717, 1.165) is 13.1 Å². The third kappa shape index (κ3) is 6.88. The number of hydrogen-bond acceptors (Lipinski definition) is 3. The molecule has 0 aromatic rings. The smallest absolute Gasteiger partial charge is 0.195 e. The first-order valence-corrected chi connectivity index (χ1v) is 9.74. The Morgan fingerprint density at radius 2 is 1.61 bits per heavy atom. The van der Waals surface area contributed by atoms with Gasteiger partial charge in [-0.15, -0.1) is 0 Å². The van der Waals surface area contributed by atoms with Crippen LogP contribution in [0.1, 0.15) is 48.0 Å². The van der Waals surface area contributed by atoms with Crippen LogP contribution in [-0.2, 0) is 4.43 Å². The SMILES string of the molecule is CC(C)(C)O[Si](C)(CCCNCCN)C(C)(C)C. The zero-order chi connectivity index (χ0) is 14.4. The normalized spacial score (nSPS) is 16.7. The van der Waals surface area contributed by atoms with Gasteiger partial charge >= 0.3 is 0 Å².